The van der Waals surface area contributed by atoms with Crippen LogP contribution >= 0.6 is 0 Å². The van der Waals surface area contributed by atoms with Gasteiger partial charge in [0.2, 0.25) is 5.91 Å². The monoisotopic (exact) mass is 233 g/mol. The van der Waals surface area contributed by atoms with Crippen molar-refractivity contribution in [2.75, 3.05) is 0 Å². The maximum atomic E-state index is 10.9. The van der Waals surface area contributed by atoms with Gasteiger partial charge in [0.25, 0.3) is 0 Å². The van der Waals surface area contributed by atoms with E-state index in [1.165, 1.54) is 5.48 Å². The van der Waals surface area contributed by atoms with Crippen molar-refractivity contribution in [3.05, 3.63) is 0 Å². The minimum Gasteiger partial charge on any atom is -0.481 e. The summed E-state index contributed by atoms with van der Waals surface area (Å²) in [6.07, 6.45) is -1.08. The first-order valence-corrected chi connectivity index (χ1v) is 4.99. The van der Waals surface area contributed by atoms with Gasteiger partial charge in [0.1, 0.15) is 0 Å². The van der Waals surface area contributed by atoms with E-state index in [0.717, 1.165) is 0 Å². The molecule has 0 heterocycles. The highest BCUT2D eigenvalue weighted by atomic mass is 16.5. The number of carboxylic acid groups (broad SMARTS) is 1. The zero-order valence-electron chi connectivity index (χ0n) is 8.54. The van der Waals surface area contributed by atoms with Crippen molar-refractivity contribution < 1.29 is 30.1 Å². The lowest BCUT2D eigenvalue weighted by Gasteiger charge is -2.11. The van der Waals surface area contributed by atoms with Crippen LogP contribution < -0.4 is 5.48 Å². The Morgan fingerprint density at radius 1 is 1.31 bits per heavy atom. The van der Waals surface area contributed by atoms with E-state index in [9.17, 15) is 9.59 Å². The number of carbonyl (C=O) groups excluding carboxylic acids is 1. The van der Waals surface area contributed by atoms with Crippen LogP contribution in [0.15, 0.2) is 0 Å². The largest absolute Gasteiger partial charge is 0.481 e. The predicted octanol–water partition coefficient (Wildman–Crippen LogP) is -1.08. The van der Waals surface area contributed by atoms with Crippen LogP contribution in [0.3, 0.4) is 0 Å². The van der Waals surface area contributed by atoms with E-state index >= 15 is 0 Å². The van der Waals surface area contributed by atoms with Crippen LogP contribution in [-0.2, 0) is 9.59 Å². The summed E-state index contributed by atoms with van der Waals surface area (Å²) in [5.41, 5.74) is 1.42. The van der Waals surface area contributed by atoms with Crippen LogP contribution in [0.1, 0.15) is 19.3 Å². The fourth-order valence-electron chi connectivity index (χ4n) is 1.90. The molecule has 0 aliphatic heterocycles. The molecule has 5 N–H and O–H groups in total. The number of hydroxylamine groups is 1. The second-order valence-corrected chi connectivity index (χ2v) is 4.00. The Morgan fingerprint density at radius 2 is 1.94 bits per heavy atom. The summed E-state index contributed by atoms with van der Waals surface area (Å²) in [6, 6.07) is 0. The Hall–Kier alpha value is -1.18. The lowest BCUT2D eigenvalue weighted by Crippen LogP contribution is -2.24. The van der Waals surface area contributed by atoms with Crippen LogP contribution in [0, 0.1) is 17.8 Å². The third-order valence-electron chi connectivity index (χ3n) is 2.92. The zero-order chi connectivity index (χ0) is 12.3. The van der Waals surface area contributed by atoms with E-state index in [4.69, 9.17) is 20.5 Å². The topological polar surface area (TPSA) is 127 Å². The maximum Gasteiger partial charge on any atom is 0.306 e. The molecule has 0 aromatic carbocycles. The van der Waals surface area contributed by atoms with Crippen molar-refractivity contribution in [3.63, 3.8) is 0 Å². The number of amides is 1. The third kappa shape index (κ3) is 3.16. The van der Waals surface area contributed by atoms with Gasteiger partial charge in [-0.15, -0.1) is 0 Å². The fraction of sp³-hybridized carbons (Fsp3) is 0.778. The molecule has 0 saturated heterocycles. The number of nitrogens with one attached hydrogen (secondary N) is 1. The van der Waals surface area contributed by atoms with E-state index in [1.54, 1.807) is 0 Å². The summed E-state index contributed by atoms with van der Waals surface area (Å²) in [5.74, 6) is -3.20. The van der Waals surface area contributed by atoms with Gasteiger partial charge in [-0.1, -0.05) is 0 Å². The molecule has 0 spiro atoms. The minimum absolute atomic E-state index is 0.0790. The van der Waals surface area contributed by atoms with Crippen molar-refractivity contribution in [2.45, 2.75) is 25.6 Å². The number of aliphatic carboxylic acids is 1. The Morgan fingerprint density at radius 3 is 2.31 bits per heavy atom. The molecule has 7 heteroatoms. The number of hydrogen-bond donors (Lipinski definition) is 5. The van der Waals surface area contributed by atoms with Crippen LogP contribution in [0.4, 0.5) is 0 Å². The minimum atomic E-state index is -1.50. The average Bonchev–Trinajstić information content (AvgIpc) is 2.97. The Labute approximate surface area is 91.7 Å². The molecule has 1 rings (SSSR count). The molecule has 0 bridgehead atoms. The molecule has 0 aromatic heterocycles. The SMILES string of the molecule is O=C(CCC(C(=O)O)C1CC1C(O)O)NO. The van der Waals surface area contributed by atoms with Gasteiger partial charge in [-0.05, 0) is 18.8 Å². The van der Waals surface area contributed by atoms with E-state index in [0.29, 0.717) is 6.42 Å². The molecular formula is C9H15NO6. The Kier molecular flexibility index (Phi) is 4.22. The highest BCUT2D eigenvalue weighted by Gasteiger charge is 2.49. The lowest BCUT2D eigenvalue weighted by atomic mass is 9.96. The zero-order valence-corrected chi connectivity index (χ0v) is 8.54. The van der Waals surface area contributed by atoms with Gasteiger partial charge < -0.3 is 15.3 Å². The standard InChI is InChI=1S/C9H15NO6/c11-7(10-16)2-1-4(8(12)13)5-3-6(5)9(14)15/h4-6,9,14-16H,1-3H2,(H,10,11)(H,12,13). The molecule has 0 aromatic rings. The van der Waals surface area contributed by atoms with E-state index in [-0.39, 0.29) is 18.8 Å². The van der Waals surface area contributed by atoms with Crippen molar-refractivity contribution in [2.24, 2.45) is 17.8 Å². The van der Waals surface area contributed by atoms with Gasteiger partial charge in [-0.25, -0.2) is 5.48 Å². The molecule has 3 atom stereocenters. The summed E-state index contributed by atoms with van der Waals surface area (Å²) in [5, 5.41) is 34.9. The second-order valence-electron chi connectivity index (χ2n) is 4.00. The van der Waals surface area contributed by atoms with Crippen LogP contribution in [0.2, 0.25) is 0 Å². The number of hydrogen-bond acceptors (Lipinski definition) is 5. The van der Waals surface area contributed by atoms with Gasteiger partial charge in [0.15, 0.2) is 6.29 Å². The highest BCUT2D eigenvalue weighted by molar-refractivity contribution is 5.76. The van der Waals surface area contributed by atoms with Gasteiger partial charge >= 0.3 is 5.97 Å². The third-order valence-corrected chi connectivity index (χ3v) is 2.92. The molecular weight excluding hydrogens is 218 g/mol. The van der Waals surface area contributed by atoms with E-state index in [1.807, 2.05) is 0 Å². The average molecular weight is 233 g/mol. The Balaban J connectivity index is 2.44. The van der Waals surface area contributed by atoms with Gasteiger partial charge in [0, 0.05) is 12.3 Å². The lowest BCUT2D eigenvalue weighted by molar-refractivity contribution is -0.143. The van der Waals surface area contributed by atoms with E-state index in [2.05, 4.69) is 0 Å². The van der Waals surface area contributed by atoms with Gasteiger partial charge in [0.05, 0.1) is 5.92 Å². The summed E-state index contributed by atoms with van der Waals surface area (Å²) in [6.45, 7) is 0. The summed E-state index contributed by atoms with van der Waals surface area (Å²) in [4.78, 5) is 21.6. The fourth-order valence-corrected chi connectivity index (χ4v) is 1.90. The second kappa shape index (κ2) is 5.24. The van der Waals surface area contributed by atoms with E-state index < -0.39 is 30.0 Å². The maximum absolute atomic E-state index is 10.9. The highest BCUT2D eigenvalue weighted by Crippen LogP contribution is 2.47. The molecule has 0 radical (unpaired) electrons. The number of aliphatic hydroxyl groups is 2. The van der Waals surface area contributed by atoms with Crippen molar-refractivity contribution in [1.29, 1.82) is 0 Å². The molecule has 16 heavy (non-hydrogen) atoms. The number of rotatable bonds is 6. The first kappa shape index (κ1) is 12.9. The smallest absolute Gasteiger partial charge is 0.306 e. The molecule has 7 nitrogen and oxygen atoms in total. The molecule has 92 valence electrons. The molecule has 1 fully saturated rings. The molecule has 3 unspecified atom stereocenters. The van der Waals surface area contributed by atoms with Crippen molar-refractivity contribution in [3.8, 4) is 0 Å². The summed E-state index contributed by atoms with van der Waals surface area (Å²) < 4.78 is 0. The quantitative estimate of drug-likeness (QED) is 0.225. The van der Waals surface area contributed by atoms with Gasteiger partial charge in [-0.2, -0.15) is 0 Å². The molecule has 1 saturated carbocycles. The molecule has 1 aliphatic carbocycles. The first-order chi connectivity index (χ1) is 7.47. The molecule has 1 amide bonds. The molecule has 1 aliphatic rings. The number of carboxylic acids is 1. The number of aliphatic hydroxyl groups excluding tert-OH is 1. The van der Waals surface area contributed by atoms with Crippen molar-refractivity contribution >= 4 is 11.9 Å². The van der Waals surface area contributed by atoms with Crippen LogP contribution in [-0.4, -0.2) is 38.7 Å². The Bertz CT molecular complexity index is 279. The summed E-state index contributed by atoms with van der Waals surface area (Å²) >= 11 is 0. The normalized spacial score (nSPS) is 25.2. The number of carbonyl (C=O) groups is 2. The summed E-state index contributed by atoms with van der Waals surface area (Å²) in [7, 11) is 0. The predicted molar refractivity (Wildman–Crippen MR) is 50.1 cm³/mol. The van der Waals surface area contributed by atoms with Gasteiger partial charge in [-0.3, -0.25) is 14.8 Å². The van der Waals surface area contributed by atoms with Crippen LogP contribution in [0.5, 0.6) is 0 Å². The van der Waals surface area contributed by atoms with Crippen LogP contribution in [0.25, 0.3) is 0 Å². The first-order valence-electron chi connectivity index (χ1n) is 4.99. The van der Waals surface area contributed by atoms with Crippen molar-refractivity contribution in [1.82, 2.24) is 5.48 Å².